The quantitative estimate of drug-likeness (QED) is 0.798. The van der Waals surface area contributed by atoms with Gasteiger partial charge in [-0.2, -0.15) is 0 Å². The number of aromatic nitrogens is 1. The number of para-hydroxylation sites is 2. The van der Waals surface area contributed by atoms with Crippen LogP contribution in [0, 0.1) is 0 Å². The molecule has 1 aliphatic heterocycles. The van der Waals surface area contributed by atoms with Crippen LogP contribution in [0.2, 0.25) is 10.0 Å². The third kappa shape index (κ3) is 4.17. The lowest BCUT2D eigenvalue weighted by molar-refractivity contribution is -0.162. The molecule has 9 heteroatoms. The van der Waals surface area contributed by atoms with Gasteiger partial charge in [-0.05, 0) is 25.1 Å². The van der Waals surface area contributed by atoms with Crippen LogP contribution in [0.25, 0.3) is 0 Å². The van der Waals surface area contributed by atoms with Crippen LogP contribution in [0.5, 0.6) is 11.5 Å². The van der Waals surface area contributed by atoms with E-state index in [0.29, 0.717) is 16.5 Å². The number of amides is 1. The molecule has 1 aliphatic rings. The number of anilines is 1. The summed E-state index contributed by atoms with van der Waals surface area (Å²) >= 11 is 11.7. The predicted molar refractivity (Wildman–Crippen MR) is 94.8 cm³/mol. The molecular formula is C17H14Cl2N2O5. The second-order valence-electron chi connectivity index (χ2n) is 5.42. The average molecular weight is 397 g/mol. The van der Waals surface area contributed by atoms with Crippen LogP contribution in [0.3, 0.4) is 0 Å². The van der Waals surface area contributed by atoms with E-state index in [9.17, 15) is 9.59 Å². The summed E-state index contributed by atoms with van der Waals surface area (Å²) < 4.78 is 16.2. The largest absolute Gasteiger partial charge is 0.485 e. The Bertz CT molecular complexity index is 846. The van der Waals surface area contributed by atoms with Crippen molar-refractivity contribution in [1.29, 1.82) is 0 Å². The van der Waals surface area contributed by atoms with Gasteiger partial charge in [-0.15, -0.1) is 0 Å². The van der Waals surface area contributed by atoms with E-state index in [1.165, 1.54) is 19.2 Å². The molecule has 0 bridgehead atoms. The molecule has 1 aromatic heterocycles. The number of halogens is 2. The Morgan fingerprint density at radius 2 is 2.04 bits per heavy atom. The minimum Gasteiger partial charge on any atom is -0.485 e. The zero-order valence-corrected chi connectivity index (χ0v) is 15.1. The fourth-order valence-electron chi connectivity index (χ4n) is 2.16. The first-order valence-corrected chi connectivity index (χ1v) is 8.40. The van der Waals surface area contributed by atoms with Gasteiger partial charge < -0.3 is 19.5 Å². The van der Waals surface area contributed by atoms with E-state index in [0.717, 1.165) is 0 Å². The number of rotatable bonds is 4. The van der Waals surface area contributed by atoms with Crippen molar-refractivity contribution in [3.63, 3.8) is 0 Å². The lowest BCUT2D eigenvalue weighted by Crippen LogP contribution is -2.41. The number of benzene rings is 1. The highest BCUT2D eigenvalue weighted by molar-refractivity contribution is 6.36. The molecule has 0 saturated heterocycles. The van der Waals surface area contributed by atoms with Crippen LogP contribution >= 0.6 is 23.2 Å². The van der Waals surface area contributed by atoms with Crippen molar-refractivity contribution in [1.82, 2.24) is 4.98 Å². The van der Waals surface area contributed by atoms with Crippen molar-refractivity contribution >= 4 is 40.9 Å². The van der Waals surface area contributed by atoms with E-state index in [2.05, 4.69) is 10.3 Å². The Labute approximate surface area is 159 Å². The summed E-state index contributed by atoms with van der Waals surface area (Å²) in [5.74, 6) is -0.194. The van der Waals surface area contributed by atoms with Crippen molar-refractivity contribution in [2.75, 3.05) is 11.9 Å². The van der Waals surface area contributed by atoms with Crippen molar-refractivity contribution < 1.29 is 23.8 Å². The fraction of sp³-hybridized carbons (Fsp3) is 0.235. The monoisotopic (exact) mass is 396 g/mol. The summed E-state index contributed by atoms with van der Waals surface area (Å²) in [4.78, 5) is 28.3. The van der Waals surface area contributed by atoms with Crippen molar-refractivity contribution in [3.05, 3.63) is 46.6 Å². The normalized spacial score (nSPS) is 16.5. The molecule has 0 unspecified atom stereocenters. The van der Waals surface area contributed by atoms with Gasteiger partial charge in [-0.3, -0.25) is 4.79 Å². The van der Waals surface area contributed by atoms with Gasteiger partial charge in [-0.1, -0.05) is 35.3 Å². The van der Waals surface area contributed by atoms with Crippen LogP contribution < -0.4 is 14.8 Å². The van der Waals surface area contributed by atoms with Crippen molar-refractivity contribution in [2.45, 2.75) is 19.1 Å². The van der Waals surface area contributed by atoms with Crippen LogP contribution in [-0.4, -0.2) is 35.7 Å². The Hall–Kier alpha value is -2.51. The van der Waals surface area contributed by atoms with E-state index in [1.807, 2.05) is 0 Å². The first-order chi connectivity index (χ1) is 12.4. The van der Waals surface area contributed by atoms with Gasteiger partial charge >= 0.3 is 5.97 Å². The molecule has 1 N–H and O–H groups in total. The van der Waals surface area contributed by atoms with Gasteiger partial charge in [0.2, 0.25) is 6.10 Å². The molecule has 1 aromatic carbocycles. The maximum Gasteiger partial charge on any atom is 0.351 e. The zero-order chi connectivity index (χ0) is 18.7. The summed E-state index contributed by atoms with van der Waals surface area (Å²) in [6.07, 6.45) is -0.709. The highest BCUT2D eigenvalue weighted by atomic mass is 35.5. The number of nitrogens with one attached hydrogen (secondary N) is 1. The van der Waals surface area contributed by atoms with E-state index in [1.54, 1.807) is 24.3 Å². The van der Waals surface area contributed by atoms with Crippen molar-refractivity contribution in [2.24, 2.45) is 0 Å². The minimum atomic E-state index is -1.09. The molecule has 0 radical (unpaired) electrons. The smallest absolute Gasteiger partial charge is 0.351 e. The molecule has 2 atom stereocenters. The number of esters is 1. The molecule has 3 rings (SSSR count). The van der Waals surface area contributed by atoms with Crippen LogP contribution in [-0.2, 0) is 14.3 Å². The van der Waals surface area contributed by atoms with Crippen LogP contribution in [0.15, 0.2) is 36.5 Å². The SMILES string of the molecule is C[C@H](OC(=O)[C@H]1COc2ccccc2O1)C(=O)Nc1ncc(Cl)cc1Cl. The predicted octanol–water partition coefficient (Wildman–Crippen LogP) is 3.10. The van der Waals surface area contributed by atoms with Gasteiger partial charge in [0.25, 0.3) is 5.91 Å². The Balaban J connectivity index is 1.58. The summed E-state index contributed by atoms with van der Waals surface area (Å²) in [6, 6.07) is 8.40. The third-order valence-electron chi connectivity index (χ3n) is 3.48. The topological polar surface area (TPSA) is 86.8 Å². The summed E-state index contributed by atoms with van der Waals surface area (Å²) in [5, 5.41) is 2.98. The van der Waals surface area contributed by atoms with Gasteiger partial charge in [-0.25, -0.2) is 9.78 Å². The first-order valence-electron chi connectivity index (χ1n) is 7.65. The zero-order valence-electron chi connectivity index (χ0n) is 13.6. The fourth-order valence-corrected chi connectivity index (χ4v) is 2.59. The Kier molecular flexibility index (Phi) is 5.49. The summed E-state index contributed by atoms with van der Waals surface area (Å²) in [5.41, 5.74) is 0. The second kappa shape index (κ2) is 7.80. The number of carbonyl (C=O) groups excluding carboxylic acids is 2. The number of carbonyl (C=O) groups is 2. The average Bonchev–Trinajstić information content (AvgIpc) is 2.63. The van der Waals surface area contributed by atoms with E-state index in [-0.39, 0.29) is 17.4 Å². The molecular weight excluding hydrogens is 383 g/mol. The van der Waals surface area contributed by atoms with E-state index >= 15 is 0 Å². The minimum absolute atomic E-state index is 0.00520. The number of hydrogen-bond acceptors (Lipinski definition) is 6. The highest BCUT2D eigenvalue weighted by Crippen LogP contribution is 2.31. The molecule has 136 valence electrons. The molecule has 2 heterocycles. The molecule has 1 amide bonds. The van der Waals surface area contributed by atoms with E-state index < -0.39 is 24.1 Å². The summed E-state index contributed by atoms with van der Waals surface area (Å²) in [7, 11) is 0. The number of nitrogens with zero attached hydrogens (tertiary/aromatic N) is 1. The molecule has 7 nitrogen and oxygen atoms in total. The van der Waals surface area contributed by atoms with Gasteiger partial charge in [0.15, 0.2) is 23.4 Å². The van der Waals surface area contributed by atoms with Gasteiger partial charge in [0.05, 0.1) is 10.0 Å². The lowest BCUT2D eigenvalue weighted by Gasteiger charge is -2.25. The Morgan fingerprint density at radius 3 is 2.77 bits per heavy atom. The standard InChI is InChI=1S/C17H14Cl2N2O5/c1-9(16(22)21-15-11(19)6-10(18)7-20-15)25-17(23)14-8-24-12-4-2-3-5-13(12)26-14/h2-7,9,14H,8H2,1H3,(H,20,21,22)/t9-,14+/m0/s1. The number of pyridine rings is 1. The number of fused-ring (bicyclic) bond motifs is 1. The second-order valence-corrected chi connectivity index (χ2v) is 6.26. The number of ether oxygens (including phenoxy) is 3. The van der Waals surface area contributed by atoms with Gasteiger partial charge in [0.1, 0.15) is 6.61 Å². The number of hydrogen-bond donors (Lipinski definition) is 1. The first kappa shape index (κ1) is 18.3. The lowest BCUT2D eigenvalue weighted by atomic mass is 10.2. The van der Waals surface area contributed by atoms with E-state index in [4.69, 9.17) is 37.4 Å². The molecule has 2 aromatic rings. The Morgan fingerprint density at radius 1 is 1.31 bits per heavy atom. The molecule has 0 fully saturated rings. The van der Waals surface area contributed by atoms with Gasteiger partial charge in [0, 0.05) is 6.20 Å². The van der Waals surface area contributed by atoms with Crippen molar-refractivity contribution in [3.8, 4) is 11.5 Å². The molecule has 0 spiro atoms. The molecule has 0 saturated carbocycles. The maximum atomic E-state index is 12.2. The molecule has 26 heavy (non-hydrogen) atoms. The molecule has 0 aliphatic carbocycles. The maximum absolute atomic E-state index is 12.2. The van der Waals surface area contributed by atoms with Crippen LogP contribution in [0.4, 0.5) is 5.82 Å². The third-order valence-corrected chi connectivity index (χ3v) is 3.98. The van der Waals surface area contributed by atoms with Crippen LogP contribution in [0.1, 0.15) is 6.92 Å². The summed E-state index contributed by atoms with van der Waals surface area (Å²) in [6.45, 7) is 1.42. The highest BCUT2D eigenvalue weighted by Gasteiger charge is 2.31.